The van der Waals surface area contributed by atoms with Crippen molar-refractivity contribution < 1.29 is 4.39 Å². The van der Waals surface area contributed by atoms with E-state index in [1.165, 1.54) is 6.92 Å². The Morgan fingerprint density at radius 3 is 2.50 bits per heavy atom. The van der Waals surface area contributed by atoms with E-state index < -0.39 is 0 Å². The molecule has 2 atom stereocenters. The highest BCUT2D eigenvalue weighted by Gasteiger charge is 2.33. The van der Waals surface area contributed by atoms with E-state index in [-0.39, 0.29) is 23.5 Å². The monoisotopic (exact) mass is 247 g/mol. The fraction of sp³-hybridized carbons (Fsp3) is 0.429. The second-order valence-electron chi connectivity index (χ2n) is 4.63. The molecule has 96 valence electrons. The van der Waals surface area contributed by atoms with E-state index >= 15 is 0 Å². The van der Waals surface area contributed by atoms with Crippen LogP contribution in [-0.2, 0) is 0 Å². The molecule has 1 aliphatic rings. The molecule has 0 heterocycles. The van der Waals surface area contributed by atoms with Gasteiger partial charge in [-0.15, -0.1) is 0 Å². The molecule has 2 rings (SSSR count). The third-order valence-electron chi connectivity index (χ3n) is 3.00. The number of amidine groups is 1. The zero-order valence-corrected chi connectivity index (χ0v) is 10.7. The number of aryl methyl sites for hydroxylation is 1. The lowest BCUT2D eigenvalue weighted by atomic mass is 9.70. The predicted octanol–water partition coefficient (Wildman–Crippen LogP) is 3.09. The largest absolute Gasteiger partial charge is 0.388 e. The summed E-state index contributed by atoms with van der Waals surface area (Å²) in [6, 6.07) is 7.50. The summed E-state index contributed by atoms with van der Waals surface area (Å²) < 4.78 is 13.5. The summed E-state index contributed by atoms with van der Waals surface area (Å²) in [5.74, 6) is 0.155. The normalized spacial score (nSPS) is 21.0. The summed E-state index contributed by atoms with van der Waals surface area (Å²) in [6.45, 7) is 3.40. The molecule has 1 fully saturated rings. The van der Waals surface area contributed by atoms with Crippen LogP contribution in [0.25, 0.3) is 0 Å². The van der Waals surface area contributed by atoms with Crippen LogP contribution in [0.15, 0.2) is 18.2 Å². The van der Waals surface area contributed by atoms with Crippen molar-refractivity contribution >= 4 is 5.84 Å². The Kier molecular flexibility index (Phi) is 4.85. The van der Waals surface area contributed by atoms with E-state index in [1.807, 2.05) is 19.1 Å². The lowest BCUT2D eigenvalue weighted by Gasteiger charge is -2.32. The maximum absolute atomic E-state index is 13.5. The van der Waals surface area contributed by atoms with Crippen LogP contribution in [-0.4, -0.2) is 5.84 Å². The molecule has 3 N–H and O–H groups in total. The maximum Gasteiger partial charge on any atom is 0.126 e. The molecule has 0 aromatic heterocycles. The van der Waals surface area contributed by atoms with Gasteiger partial charge < -0.3 is 5.73 Å². The standard InChI is InChI=1S/C12H12FN.C2H6N2/c1-8-2-4-11(12(13)6-8)10-5-3-9(10)7-14;1-2(3)4/h2,4,6,9-10H,3,5H2,1H3;1H3,(H3,3,4)/t9-,10-;/m0./s1. The molecular formula is C14H18FN3. The van der Waals surface area contributed by atoms with E-state index in [0.717, 1.165) is 18.4 Å². The Balaban J connectivity index is 0.000000357. The summed E-state index contributed by atoms with van der Waals surface area (Å²) in [4.78, 5) is 0. The minimum atomic E-state index is -0.157. The Hall–Kier alpha value is -1.89. The summed E-state index contributed by atoms with van der Waals surface area (Å²) >= 11 is 0. The van der Waals surface area contributed by atoms with Crippen LogP contribution in [0, 0.1) is 35.4 Å². The van der Waals surface area contributed by atoms with Crippen molar-refractivity contribution in [3.63, 3.8) is 0 Å². The topological polar surface area (TPSA) is 73.7 Å². The van der Waals surface area contributed by atoms with Gasteiger partial charge in [0.1, 0.15) is 5.82 Å². The first-order valence-corrected chi connectivity index (χ1v) is 5.92. The second-order valence-corrected chi connectivity index (χ2v) is 4.63. The first-order chi connectivity index (χ1) is 8.45. The van der Waals surface area contributed by atoms with Gasteiger partial charge in [-0.3, -0.25) is 5.41 Å². The van der Waals surface area contributed by atoms with Gasteiger partial charge in [0.15, 0.2) is 0 Å². The van der Waals surface area contributed by atoms with Gasteiger partial charge in [0.25, 0.3) is 0 Å². The second kappa shape index (κ2) is 6.15. The zero-order valence-electron chi connectivity index (χ0n) is 10.7. The third-order valence-corrected chi connectivity index (χ3v) is 3.00. The number of halogens is 1. The van der Waals surface area contributed by atoms with Crippen LogP contribution < -0.4 is 5.73 Å². The molecule has 0 radical (unpaired) electrons. The maximum atomic E-state index is 13.5. The third kappa shape index (κ3) is 3.56. The number of nitriles is 1. The van der Waals surface area contributed by atoms with E-state index in [9.17, 15) is 4.39 Å². The number of nitrogens with two attached hydrogens (primary N) is 1. The Morgan fingerprint density at radius 1 is 1.50 bits per heavy atom. The molecule has 0 aliphatic heterocycles. The number of benzene rings is 1. The smallest absolute Gasteiger partial charge is 0.126 e. The Bertz CT molecular complexity index is 472. The Labute approximate surface area is 107 Å². The van der Waals surface area contributed by atoms with Crippen LogP contribution in [0.1, 0.15) is 36.8 Å². The summed E-state index contributed by atoms with van der Waals surface area (Å²) in [7, 11) is 0. The minimum Gasteiger partial charge on any atom is -0.388 e. The van der Waals surface area contributed by atoms with E-state index in [2.05, 4.69) is 6.07 Å². The summed E-state index contributed by atoms with van der Waals surface area (Å²) in [6.07, 6.45) is 1.85. The number of hydrogen-bond donors (Lipinski definition) is 2. The molecule has 0 bridgehead atoms. The van der Waals surface area contributed by atoms with Crippen LogP contribution in [0.5, 0.6) is 0 Å². The van der Waals surface area contributed by atoms with Crippen molar-refractivity contribution in [2.45, 2.75) is 32.6 Å². The van der Waals surface area contributed by atoms with Crippen LogP contribution in [0.2, 0.25) is 0 Å². The molecule has 3 nitrogen and oxygen atoms in total. The number of hydrogen-bond acceptors (Lipinski definition) is 2. The quantitative estimate of drug-likeness (QED) is 0.591. The molecule has 1 aromatic rings. The molecule has 4 heteroatoms. The molecule has 0 unspecified atom stereocenters. The van der Waals surface area contributed by atoms with Crippen LogP contribution >= 0.6 is 0 Å². The molecule has 1 saturated carbocycles. The van der Waals surface area contributed by atoms with Crippen molar-refractivity contribution in [1.29, 1.82) is 10.7 Å². The van der Waals surface area contributed by atoms with Gasteiger partial charge in [-0.05, 0) is 43.9 Å². The van der Waals surface area contributed by atoms with Crippen molar-refractivity contribution in [2.75, 3.05) is 0 Å². The number of rotatable bonds is 1. The van der Waals surface area contributed by atoms with Gasteiger partial charge in [0.05, 0.1) is 17.8 Å². The highest BCUT2D eigenvalue weighted by Crippen LogP contribution is 2.42. The first-order valence-electron chi connectivity index (χ1n) is 5.92. The number of nitrogens with one attached hydrogen (secondary N) is 1. The van der Waals surface area contributed by atoms with Crippen LogP contribution in [0.3, 0.4) is 0 Å². The van der Waals surface area contributed by atoms with Crippen molar-refractivity contribution in [3.8, 4) is 6.07 Å². The highest BCUT2D eigenvalue weighted by atomic mass is 19.1. The van der Waals surface area contributed by atoms with Gasteiger partial charge >= 0.3 is 0 Å². The van der Waals surface area contributed by atoms with Gasteiger partial charge in [-0.25, -0.2) is 4.39 Å². The average Bonchev–Trinajstić information content (AvgIpc) is 2.20. The number of nitrogens with zero attached hydrogens (tertiary/aromatic N) is 1. The average molecular weight is 247 g/mol. The molecule has 0 amide bonds. The lowest BCUT2D eigenvalue weighted by molar-refractivity contribution is 0.316. The van der Waals surface area contributed by atoms with Gasteiger partial charge in [-0.2, -0.15) is 5.26 Å². The minimum absolute atomic E-state index is 0.0206. The van der Waals surface area contributed by atoms with Gasteiger partial charge in [-0.1, -0.05) is 12.1 Å². The SMILES string of the molecule is CC(=N)N.Cc1ccc([C@H]2CC[C@H]2C#N)c(F)c1. The molecule has 1 aliphatic carbocycles. The van der Waals surface area contributed by atoms with Gasteiger partial charge in [0, 0.05) is 5.92 Å². The molecule has 18 heavy (non-hydrogen) atoms. The zero-order chi connectivity index (χ0) is 13.7. The highest BCUT2D eigenvalue weighted by molar-refractivity contribution is 5.73. The molecule has 0 saturated heterocycles. The molecular weight excluding hydrogens is 229 g/mol. The van der Waals surface area contributed by atoms with E-state index in [4.69, 9.17) is 16.4 Å². The van der Waals surface area contributed by atoms with Crippen LogP contribution in [0.4, 0.5) is 4.39 Å². The fourth-order valence-electron chi connectivity index (χ4n) is 1.96. The van der Waals surface area contributed by atoms with Crippen molar-refractivity contribution in [3.05, 3.63) is 35.1 Å². The first kappa shape index (κ1) is 14.2. The summed E-state index contributed by atoms with van der Waals surface area (Å²) in [5, 5.41) is 15.1. The lowest BCUT2D eigenvalue weighted by Crippen LogP contribution is -2.23. The predicted molar refractivity (Wildman–Crippen MR) is 69.8 cm³/mol. The summed E-state index contributed by atoms with van der Waals surface area (Å²) in [5.41, 5.74) is 6.34. The molecule has 0 spiro atoms. The fourth-order valence-corrected chi connectivity index (χ4v) is 1.96. The van der Waals surface area contributed by atoms with Crippen molar-refractivity contribution in [1.82, 2.24) is 0 Å². The molecule has 1 aromatic carbocycles. The van der Waals surface area contributed by atoms with Crippen molar-refractivity contribution in [2.24, 2.45) is 11.7 Å². The van der Waals surface area contributed by atoms with E-state index in [0.29, 0.717) is 5.56 Å². The van der Waals surface area contributed by atoms with Gasteiger partial charge in [0.2, 0.25) is 0 Å². The van der Waals surface area contributed by atoms with E-state index in [1.54, 1.807) is 6.07 Å². The Morgan fingerprint density at radius 2 is 2.11 bits per heavy atom.